The number of nitriles is 2. The van der Waals surface area contributed by atoms with Crippen molar-refractivity contribution in [1.82, 2.24) is 0 Å². The van der Waals surface area contributed by atoms with Crippen molar-refractivity contribution in [3.8, 4) is 17.9 Å². The lowest BCUT2D eigenvalue weighted by Crippen LogP contribution is -2.25. The monoisotopic (exact) mass is 396 g/mol. The van der Waals surface area contributed by atoms with Crippen molar-refractivity contribution < 1.29 is 14.3 Å². The van der Waals surface area contributed by atoms with Gasteiger partial charge in [-0.15, -0.1) is 0 Å². The van der Waals surface area contributed by atoms with Crippen molar-refractivity contribution in [3.05, 3.63) is 28.8 Å². The summed E-state index contributed by atoms with van der Waals surface area (Å²) in [5.41, 5.74) is 0.300. The van der Waals surface area contributed by atoms with Crippen molar-refractivity contribution in [2.45, 2.75) is 84.2 Å². The molecule has 1 aromatic rings. The van der Waals surface area contributed by atoms with Gasteiger partial charge in [0, 0.05) is 0 Å². The van der Waals surface area contributed by atoms with Gasteiger partial charge in [-0.25, -0.2) is 4.79 Å². The Hall–Kier alpha value is -2.53. The molecule has 0 bridgehead atoms. The lowest BCUT2D eigenvalue weighted by atomic mass is 9.84. The molecule has 0 unspecified atom stereocenters. The number of carbonyl (C=O) groups excluding carboxylic acids is 1. The molecule has 1 fully saturated rings. The molecular weight excluding hydrogens is 364 g/mol. The Bertz CT molecular complexity index is 753. The van der Waals surface area contributed by atoms with Crippen LogP contribution in [-0.2, 0) is 4.74 Å². The highest BCUT2D eigenvalue weighted by Crippen LogP contribution is 2.31. The molecule has 0 amide bonds. The van der Waals surface area contributed by atoms with E-state index >= 15 is 0 Å². The number of carbonyl (C=O) groups is 1. The minimum absolute atomic E-state index is 0.0414. The van der Waals surface area contributed by atoms with Crippen LogP contribution in [0.2, 0.25) is 0 Å². The molecule has 0 aliphatic heterocycles. The van der Waals surface area contributed by atoms with Gasteiger partial charge in [-0.1, -0.05) is 46.0 Å². The van der Waals surface area contributed by atoms with Gasteiger partial charge < -0.3 is 9.47 Å². The standard InChI is InChI=1S/C24H32N2O3/c1-3-5-7-8-18-9-11-19(12-10-18)29-24(27)20-13-14-23(28-15-6-4-2)22(17-26)21(20)16-25/h13-14,18-19H,3-12,15H2,1-2H3. The topological polar surface area (TPSA) is 83.1 Å². The fraction of sp³-hybridized carbons (Fsp3) is 0.625. The van der Waals surface area contributed by atoms with Crippen LogP contribution in [0, 0.1) is 28.6 Å². The quantitative estimate of drug-likeness (QED) is 0.363. The van der Waals surface area contributed by atoms with Crippen molar-refractivity contribution in [3.63, 3.8) is 0 Å². The number of esters is 1. The first-order valence-electron chi connectivity index (χ1n) is 11.0. The third-order valence-electron chi connectivity index (χ3n) is 5.65. The van der Waals surface area contributed by atoms with Gasteiger partial charge in [0.15, 0.2) is 0 Å². The van der Waals surface area contributed by atoms with Crippen molar-refractivity contribution >= 4 is 5.97 Å². The highest BCUT2D eigenvalue weighted by molar-refractivity contribution is 5.93. The Balaban J connectivity index is 2.00. The van der Waals surface area contributed by atoms with Gasteiger partial charge in [0.1, 0.15) is 29.6 Å². The Morgan fingerprint density at radius 3 is 2.31 bits per heavy atom. The maximum absolute atomic E-state index is 12.7. The highest BCUT2D eigenvalue weighted by Gasteiger charge is 2.26. The van der Waals surface area contributed by atoms with Crippen LogP contribution in [-0.4, -0.2) is 18.7 Å². The summed E-state index contributed by atoms with van der Waals surface area (Å²) in [4.78, 5) is 12.7. The van der Waals surface area contributed by atoms with E-state index in [-0.39, 0.29) is 22.8 Å². The molecule has 1 aromatic carbocycles. The Morgan fingerprint density at radius 1 is 1.00 bits per heavy atom. The molecule has 0 atom stereocenters. The molecular formula is C24H32N2O3. The summed E-state index contributed by atoms with van der Waals surface area (Å²) in [6.07, 6.45) is 10.7. The summed E-state index contributed by atoms with van der Waals surface area (Å²) in [5.74, 6) is 0.560. The van der Waals surface area contributed by atoms with Crippen LogP contribution in [0.3, 0.4) is 0 Å². The van der Waals surface area contributed by atoms with E-state index in [2.05, 4.69) is 6.92 Å². The Morgan fingerprint density at radius 2 is 1.69 bits per heavy atom. The predicted octanol–water partition coefficient (Wildman–Crippen LogP) is 5.90. The number of rotatable bonds is 10. The molecule has 0 N–H and O–H groups in total. The zero-order valence-corrected chi connectivity index (χ0v) is 17.7. The lowest BCUT2D eigenvalue weighted by molar-refractivity contribution is 0.0160. The Kier molecular flexibility index (Phi) is 9.51. The fourth-order valence-corrected chi connectivity index (χ4v) is 3.86. The summed E-state index contributed by atoms with van der Waals surface area (Å²) in [5, 5.41) is 19.1. The number of nitrogens with zero attached hydrogens (tertiary/aromatic N) is 2. The first kappa shape index (κ1) is 22.8. The van der Waals surface area contributed by atoms with Crippen molar-refractivity contribution in [2.24, 2.45) is 5.92 Å². The van der Waals surface area contributed by atoms with Crippen LogP contribution in [0.25, 0.3) is 0 Å². The van der Waals surface area contributed by atoms with Gasteiger partial charge in [-0.05, 0) is 50.2 Å². The summed E-state index contributed by atoms with van der Waals surface area (Å²) < 4.78 is 11.3. The molecule has 1 saturated carbocycles. The molecule has 0 spiro atoms. The van der Waals surface area contributed by atoms with E-state index in [1.54, 1.807) is 12.1 Å². The molecule has 0 radical (unpaired) electrons. The van der Waals surface area contributed by atoms with Crippen LogP contribution < -0.4 is 4.74 Å². The molecule has 1 aliphatic rings. The second-order valence-electron chi connectivity index (χ2n) is 7.83. The number of unbranched alkanes of at least 4 members (excludes halogenated alkanes) is 3. The van der Waals surface area contributed by atoms with E-state index in [1.165, 1.54) is 25.7 Å². The number of hydrogen-bond donors (Lipinski definition) is 0. The van der Waals surface area contributed by atoms with Gasteiger partial charge in [-0.2, -0.15) is 10.5 Å². The van der Waals surface area contributed by atoms with E-state index in [9.17, 15) is 15.3 Å². The van der Waals surface area contributed by atoms with Gasteiger partial charge in [0.05, 0.1) is 17.7 Å². The molecule has 29 heavy (non-hydrogen) atoms. The van der Waals surface area contributed by atoms with Gasteiger partial charge in [0.25, 0.3) is 0 Å². The second kappa shape index (κ2) is 12.1. The van der Waals surface area contributed by atoms with E-state index in [0.29, 0.717) is 12.4 Å². The van der Waals surface area contributed by atoms with E-state index in [1.807, 2.05) is 19.1 Å². The third kappa shape index (κ3) is 6.50. The van der Waals surface area contributed by atoms with Crippen LogP contribution in [0.4, 0.5) is 0 Å². The van der Waals surface area contributed by atoms with Crippen molar-refractivity contribution in [1.29, 1.82) is 10.5 Å². The molecule has 2 rings (SSSR count). The summed E-state index contributed by atoms with van der Waals surface area (Å²) in [6, 6.07) is 7.15. The Labute approximate surface area is 174 Å². The lowest BCUT2D eigenvalue weighted by Gasteiger charge is -2.28. The molecule has 156 valence electrons. The zero-order chi connectivity index (χ0) is 21.1. The van der Waals surface area contributed by atoms with E-state index in [4.69, 9.17) is 9.47 Å². The SMILES string of the molecule is CCCCCC1CCC(OC(=O)c2ccc(OCCCC)c(C#N)c2C#N)CC1. The molecule has 0 saturated heterocycles. The molecule has 0 heterocycles. The summed E-state index contributed by atoms with van der Waals surface area (Å²) >= 11 is 0. The molecule has 1 aliphatic carbocycles. The van der Waals surface area contributed by atoms with Gasteiger partial charge in [0.2, 0.25) is 0 Å². The third-order valence-corrected chi connectivity index (χ3v) is 5.65. The van der Waals surface area contributed by atoms with Gasteiger partial charge >= 0.3 is 5.97 Å². The van der Waals surface area contributed by atoms with Crippen LogP contribution >= 0.6 is 0 Å². The first-order chi connectivity index (χ1) is 14.1. The minimum atomic E-state index is -0.521. The normalized spacial score (nSPS) is 18.5. The number of ether oxygens (including phenoxy) is 2. The average molecular weight is 397 g/mol. The minimum Gasteiger partial charge on any atom is -0.492 e. The van der Waals surface area contributed by atoms with E-state index in [0.717, 1.165) is 44.4 Å². The van der Waals surface area contributed by atoms with Crippen molar-refractivity contribution in [2.75, 3.05) is 6.61 Å². The maximum atomic E-state index is 12.7. The molecule has 0 aromatic heterocycles. The number of hydrogen-bond acceptors (Lipinski definition) is 5. The predicted molar refractivity (Wildman–Crippen MR) is 112 cm³/mol. The smallest absolute Gasteiger partial charge is 0.339 e. The first-order valence-corrected chi connectivity index (χ1v) is 11.0. The average Bonchev–Trinajstić information content (AvgIpc) is 2.74. The van der Waals surface area contributed by atoms with Gasteiger partial charge in [-0.3, -0.25) is 0 Å². The molecule has 5 heteroatoms. The van der Waals surface area contributed by atoms with Crippen LogP contribution in [0.1, 0.15) is 99.5 Å². The summed E-state index contributed by atoms with van der Waals surface area (Å²) in [7, 11) is 0. The largest absolute Gasteiger partial charge is 0.492 e. The zero-order valence-electron chi connectivity index (χ0n) is 17.7. The second-order valence-corrected chi connectivity index (χ2v) is 7.83. The summed E-state index contributed by atoms with van der Waals surface area (Å²) in [6.45, 7) is 4.74. The van der Waals surface area contributed by atoms with E-state index < -0.39 is 5.97 Å². The molecule has 5 nitrogen and oxygen atoms in total. The van der Waals surface area contributed by atoms with Crippen LogP contribution in [0.5, 0.6) is 5.75 Å². The number of benzene rings is 1. The van der Waals surface area contributed by atoms with Crippen LogP contribution in [0.15, 0.2) is 12.1 Å². The highest BCUT2D eigenvalue weighted by atomic mass is 16.5. The fourth-order valence-electron chi connectivity index (χ4n) is 3.86. The maximum Gasteiger partial charge on any atom is 0.339 e.